The molecule has 2 rings (SSSR count). The van der Waals surface area contributed by atoms with Gasteiger partial charge in [-0.25, -0.2) is 4.79 Å². The molecule has 0 spiro atoms. The summed E-state index contributed by atoms with van der Waals surface area (Å²) in [6.45, 7) is 1.97. The lowest BCUT2D eigenvalue weighted by Gasteiger charge is -2.15. The highest BCUT2D eigenvalue weighted by Crippen LogP contribution is 2.18. The van der Waals surface area contributed by atoms with Crippen molar-refractivity contribution in [3.63, 3.8) is 0 Å². The molecule has 0 aromatic heterocycles. The van der Waals surface area contributed by atoms with Gasteiger partial charge < -0.3 is 15.4 Å². The van der Waals surface area contributed by atoms with Crippen molar-refractivity contribution < 1.29 is 9.53 Å². The van der Waals surface area contributed by atoms with E-state index in [1.165, 1.54) is 7.11 Å². The molecular weight excluding hydrogens is 204 g/mol. The van der Waals surface area contributed by atoms with Crippen LogP contribution in [0.4, 0.5) is 5.69 Å². The summed E-state index contributed by atoms with van der Waals surface area (Å²) in [5.41, 5.74) is 1.44. The largest absolute Gasteiger partial charge is 0.465 e. The number of hydrogen-bond donors (Lipinski definition) is 2. The molecule has 1 aliphatic rings. The van der Waals surface area contributed by atoms with Crippen molar-refractivity contribution in [1.29, 1.82) is 0 Å². The van der Waals surface area contributed by atoms with Gasteiger partial charge in [0, 0.05) is 18.3 Å². The Labute approximate surface area is 95.0 Å². The van der Waals surface area contributed by atoms with Crippen LogP contribution < -0.4 is 10.6 Å². The fourth-order valence-electron chi connectivity index (χ4n) is 1.89. The van der Waals surface area contributed by atoms with Crippen LogP contribution in [0.15, 0.2) is 24.3 Å². The summed E-state index contributed by atoms with van der Waals surface area (Å²) in [5.74, 6) is -0.297. The number of esters is 1. The van der Waals surface area contributed by atoms with Crippen molar-refractivity contribution in [3.05, 3.63) is 29.8 Å². The van der Waals surface area contributed by atoms with Gasteiger partial charge >= 0.3 is 5.97 Å². The van der Waals surface area contributed by atoms with Gasteiger partial charge in [-0.2, -0.15) is 0 Å². The van der Waals surface area contributed by atoms with Crippen LogP contribution in [0.5, 0.6) is 0 Å². The summed E-state index contributed by atoms with van der Waals surface area (Å²) in [5, 5.41) is 6.64. The van der Waals surface area contributed by atoms with E-state index in [0.29, 0.717) is 11.6 Å². The first-order valence-corrected chi connectivity index (χ1v) is 5.46. The monoisotopic (exact) mass is 220 g/mol. The lowest BCUT2D eigenvalue weighted by atomic mass is 10.1. The summed E-state index contributed by atoms with van der Waals surface area (Å²) in [4.78, 5) is 11.5. The first kappa shape index (κ1) is 11.0. The quantitative estimate of drug-likeness (QED) is 0.753. The predicted octanol–water partition coefficient (Wildman–Crippen LogP) is 1.25. The van der Waals surface area contributed by atoms with Crippen LogP contribution in [-0.2, 0) is 4.74 Å². The van der Waals surface area contributed by atoms with E-state index in [4.69, 9.17) is 4.74 Å². The van der Waals surface area contributed by atoms with Gasteiger partial charge in [0.2, 0.25) is 0 Å². The maximum Gasteiger partial charge on any atom is 0.339 e. The fraction of sp³-hybridized carbons (Fsp3) is 0.417. The van der Waals surface area contributed by atoms with E-state index in [9.17, 15) is 4.79 Å². The summed E-state index contributed by atoms with van der Waals surface area (Å²) < 4.78 is 4.75. The summed E-state index contributed by atoms with van der Waals surface area (Å²) >= 11 is 0. The minimum Gasteiger partial charge on any atom is -0.465 e. The zero-order valence-electron chi connectivity index (χ0n) is 9.32. The van der Waals surface area contributed by atoms with E-state index in [2.05, 4.69) is 10.6 Å². The van der Waals surface area contributed by atoms with Crippen LogP contribution in [0.1, 0.15) is 16.8 Å². The smallest absolute Gasteiger partial charge is 0.339 e. The van der Waals surface area contributed by atoms with Crippen molar-refractivity contribution >= 4 is 11.7 Å². The molecule has 1 aromatic carbocycles. The number of nitrogens with one attached hydrogen (secondary N) is 2. The molecule has 0 bridgehead atoms. The Bertz CT molecular complexity index is 373. The molecular formula is C12H16N2O2. The second-order valence-electron chi connectivity index (χ2n) is 3.87. The Hall–Kier alpha value is -1.55. The number of carbonyl (C=O) groups is 1. The van der Waals surface area contributed by atoms with Crippen molar-refractivity contribution in [2.45, 2.75) is 12.5 Å². The van der Waals surface area contributed by atoms with E-state index in [1.54, 1.807) is 6.07 Å². The number of anilines is 1. The maximum absolute atomic E-state index is 11.5. The van der Waals surface area contributed by atoms with Gasteiger partial charge in [0.15, 0.2) is 0 Å². The van der Waals surface area contributed by atoms with Gasteiger partial charge in [-0.15, -0.1) is 0 Å². The second kappa shape index (κ2) is 4.99. The highest BCUT2D eigenvalue weighted by molar-refractivity contribution is 5.95. The fourth-order valence-corrected chi connectivity index (χ4v) is 1.89. The Morgan fingerprint density at radius 1 is 1.50 bits per heavy atom. The van der Waals surface area contributed by atoms with Gasteiger partial charge in [0.1, 0.15) is 0 Å². The highest BCUT2D eigenvalue weighted by atomic mass is 16.5. The predicted molar refractivity (Wildman–Crippen MR) is 62.7 cm³/mol. The first-order valence-electron chi connectivity index (χ1n) is 5.46. The van der Waals surface area contributed by atoms with Gasteiger partial charge in [-0.3, -0.25) is 0 Å². The summed E-state index contributed by atoms with van der Waals surface area (Å²) in [6, 6.07) is 7.83. The number of para-hydroxylation sites is 1. The van der Waals surface area contributed by atoms with Gasteiger partial charge in [-0.05, 0) is 25.1 Å². The average molecular weight is 220 g/mol. The number of carbonyl (C=O) groups excluding carboxylic acids is 1. The third-order valence-corrected chi connectivity index (χ3v) is 2.75. The molecule has 1 saturated heterocycles. The zero-order valence-corrected chi connectivity index (χ0v) is 9.32. The average Bonchev–Trinajstić information content (AvgIpc) is 2.82. The first-order chi connectivity index (χ1) is 7.81. The number of ether oxygens (including phenoxy) is 1. The number of benzene rings is 1. The molecule has 4 heteroatoms. The normalized spacial score (nSPS) is 19.4. The standard InChI is InChI=1S/C12H16N2O2/c1-16-12(15)10-4-2-3-5-11(10)14-9-6-7-13-8-9/h2-5,9,13-14H,6-8H2,1H3. The lowest BCUT2D eigenvalue weighted by Crippen LogP contribution is -2.23. The molecule has 0 radical (unpaired) electrons. The van der Waals surface area contributed by atoms with Crippen molar-refractivity contribution in [1.82, 2.24) is 5.32 Å². The minimum atomic E-state index is -0.297. The summed E-state index contributed by atoms with van der Waals surface area (Å²) in [7, 11) is 1.40. The molecule has 1 aromatic rings. The molecule has 1 atom stereocenters. The van der Waals surface area contributed by atoms with Crippen LogP contribution >= 0.6 is 0 Å². The van der Waals surface area contributed by atoms with E-state index >= 15 is 0 Å². The third kappa shape index (κ3) is 2.33. The van der Waals surface area contributed by atoms with E-state index in [0.717, 1.165) is 25.2 Å². The molecule has 1 fully saturated rings. The molecule has 0 saturated carbocycles. The molecule has 1 unspecified atom stereocenters. The molecule has 1 aliphatic heterocycles. The van der Waals surface area contributed by atoms with Gasteiger partial charge in [0.05, 0.1) is 12.7 Å². The Kier molecular flexibility index (Phi) is 3.41. The molecule has 2 N–H and O–H groups in total. The zero-order chi connectivity index (χ0) is 11.4. The molecule has 16 heavy (non-hydrogen) atoms. The van der Waals surface area contributed by atoms with E-state index < -0.39 is 0 Å². The second-order valence-corrected chi connectivity index (χ2v) is 3.87. The third-order valence-electron chi connectivity index (χ3n) is 2.75. The lowest BCUT2D eigenvalue weighted by molar-refractivity contribution is 0.0602. The van der Waals surface area contributed by atoms with E-state index in [-0.39, 0.29) is 5.97 Å². The number of methoxy groups -OCH3 is 1. The molecule has 0 amide bonds. The molecule has 0 aliphatic carbocycles. The summed E-state index contributed by atoms with van der Waals surface area (Å²) in [6.07, 6.45) is 1.08. The van der Waals surface area contributed by atoms with Crippen molar-refractivity contribution in [3.8, 4) is 0 Å². The van der Waals surface area contributed by atoms with Crippen LogP contribution in [0, 0.1) is 0 Å². The van der Waals surface area contributed by atoms with Crippen LogP contribution in [-0.4, -0.2) is 32.2 Å². The molecule has 86 valence electrons. The van der Waals surface area contributed by atoms with E-state index in [1.807, 2.05) is 18.2 Å². The van der Waals surface area contributed by atoms with Gasteiger partial charge in [0.25, 0.3) is 0 Å². The minimum absolute atomic E-state index is 0.297. The molecule has 4 nitrogen and oxygen atoms in total. The van der Waals surface area contributed by atoms with Crippen molar-refractivity contribution in [2.75, 3.05) is 25.5 Å². The van der Waals surface area contributed by atoms with Gasteiger partial charge in [-0.1, -0.05) is 12.1 Å². The van der Waals surface area contributed by atoms with Crippen LogP contribution in [0.3, 0.4) is 0 Å². The topological polar surface area (TPSA) is 50.4 Å². The highest BCUT2D eigenvalue weighted by Gasteiger charge is 2.17. The molecule has 1 heterocycles. The number of rotatable bonds is 3. The van der Waals surface area contributed by atoms with Crippen LogP contribution in [0.2, 0.25) is 0 Å². The Balaban J connectivity index is 2.15. The Morgan fingerprint density at radius 3 is 3.00 bits per heavy atom. The maximum atomic E-state index is 11.5. The Morgan fingerprint density at radius 2 is 2.31 bits per heavy atom. The van der Waals surface area contributed by atoms with Crippen LogP contribution in [0.25, 0.3) is 0 Å². The number of hydrogen-bond acceptors (Lipinski definition) is 4. The SMILES string of the molecule is COC(=O)c1ccccc1NC1CCNC1. The van der Waals surface area contributed by atoms with Crippen molar-refractivity contribution in [2.24, 2.45) is 0 Å².